The van der Waals surface area contributed by atoms with Gasteiger partial charge in [-0.2, -0.15) is 0 Å². The Kier molecular flexibility index (Phi) is 5.76. The van der Waals surface area contributed by atoms with E-state index in [9.17, 15) is 24.5 Å². The molecule has 2 aromatic rings. The van der Waals surface area contributed by atoms with E-state index in [1.54, 1.807) is 0 Å². The SMILES string of the molecule is COC(=O)[C@H](C)N1C(=O)S/C(=C/c2ccc(-c3ccc(Cl)cc3[N+](=O)[O-])o2)C1=O. The number of nitro benzene ring substituents is 1. The highest BCUT2D eigenvalue weighted by molar-refractivity contribution is 8.18. The van der Waals surface area contributed by atoms with Gasteiger partial charge in [-0.3, -0.25) is 24.6 Å². The number of furan rings is 1. The Balaban J connectivity index is 1.90. The fraction of sp³-hybridized carbons (Fsp3) is 0.167. The maximum atomic E-state index is 12.5. The number of nitro groups is 1. The second-order valence-electron chi connectivity index (χ2n) is 5.87. The van der Waals surface area contributed by atoms with Crippen molar-refractivity contribution in [2.45, 2.75) is 13.0 Å². The second-order valence-corrected chi connectivity index (χ2v) is 7.30. The summed E-state index contributed by atoms with van der Waals surface area (Å²) in [5.41, 5.74) is -0.0166. The fourth-order valence-corrected chi connectivity index (χ4v) is 3.71. The largest absolute Gasteiger partial charge is 0.467 e. The van der Waals surface area contributed by atoms with Crippen LogP contribution in [0.1, 0.15) is 12.7 Å². The van der Waals surface area contributed by atoms with Crippen molar-refractivity contribution >= 4 is 52.2 Å². The summed E-state index contributed by atoms with van der Waals surface area (Å²) >= 11 is 6.47. The van der Waals surface area contributed by atoms with Crippen LogP contribution in [0.5, 0.6) is 0 Å². The van der Waals surface area contributed by atoms with Crippen LogP contribution in [0, 0.1) is 10.1 Å². The van der Waals surface area contributed by atoms with E-state index in [1.165, 1.54) is 43.3 Å². The molecule has 11 heteroatoms. The van der Waals surface area contributed by atoms with Crippen LogP contribution in [-0.4, -0.2) is 40.1 Å². The highest BCUT2D eigenvalue weighted by Gasteiger charge is 2.41. The van der Waals surface area contributed by atoms with Gasteiger partial charge in [-0.15, -0.1) is 0 Å². The standard InChI is InChI=1S/C18H13ClN2O7S/c1-9(17(23)27-2)20-16(22)15(29-18(20)24)8-11-4-6-14(28-11)12-5-3-10(19)7-13(12)21(25)26/h3-9H,1-2H3/b15-8+/t9-/m0/s1. The number of halogens is 1. The minimum absolute atomic E-state index is 0.0530. The van der Waals surface area contributed by atoms with Gasteiger partial charge in [0.25, 0.3) is 16.8 Å². The third-order valence-electron chi connectivity index (χ3n) is 4.08. The van der Waals surface area contributed by atoms with Gasteiger partial charge in [0.05, 0.1) is 22.5 Å². The minimum atomic E-state index is -1.07. The molecule has 1 aromatic heterocycles. The molecule has 1 aromatic carbocycles. The zero-order chi connectivity index (χ0) is 21.3. The van der Waals surface area contributed by atoms with Gasteiger partial charge in [0.15, 0.2) is 0 Å². The van der Waals surface area contributed by atoms with Gasteiger partial charge in [-0.25, -0.2) is 4.79 Å². The maximum Gasteiger partial charge on any atom is 0.328 e. The van der Waals surface area contributed by atoms with E-state index in [4.69, 9.17) is 16.0 Å². The van der Waals surface area contributed by atoms with Crippen molar-refractivity contribution in [1.82, 2.24) is 4.90 Å². The topological polar surface area (TPSA) is 120 Å². The Labute approximate surface area is 173 Å². The Morgan fingerprint density at radius 3 is 2.72 bits per heavy atom. The first-order valence-electron chi connectivity index (χ1n) is 8.12. The van der Waals surface area contributed by atoms with E-state index < -0.39 is 28.1 Å². The summed E-state index contributed by atoms with van der Waals surface area (Å²) in [6, 6.07) is 6.09. The Hall–Kier alpha value is -3.11. The van der Waals surface area contributed by atoms with E-state index in [0.717, 1.165) is 12.0 Å². The first kappa shape index (κ1) is 20.6. The van der Waals surface area contributed by atoms with Crippen molar-refractivity contribution in [3.63, 3.8) is 0 Å². The number of carbonyl (C=O) groups excluding carboxylic acids is 3. The van der Waals surface area contributed by atoms with Crippen molar-refractivity contribution in [3.05, 3.63) is 56.1 Å². The van der Waals surface area contributed by atoms with Crippen LogP contribution in [0.25, 0.3) is 17.4 Å². The van der Waals surface area contributed by atoms with Crippen molar-refractivity contribution in [2.75, 3.05) is 7.11 Å². The molecule has 0 unspecified atom stereocenters. The summed E-state index contributed by atoms with van der Waals surface area (Å²) in [4.78, 5) is 47.8. The Morgan fingerprint density at radius 1 is 1.34 bits per heavy atom. The van der Waals surface area contributed by atoms with Crippen LogP contribution in [0.3, 0.4) is 0 Å². The molecular weight excluding hydrogens is 424 g/mol. The lowest BCUT2D eigenvalue weighted by Crippen LogP contribution is -2.42. The van der Waals surface area contributed by atoms with Crippen molar-refractivity contribution in [1.29, 1.82) is 0 Å². The zero-order valence-corrected chi connectivity index (χ0v) is 16.7. The lowest BCUT2D eigenvalue weighted by atomic mass is 10.1. The molecule has 0 radical (unpaired) electrons. The highest BCUT2D eigenvalue weighted by Crippen LogP contribution is 2.36. The van der Waals surface area contributed by atoms with Gasteiger partial charge in [-0.05, 0) is 43.0 Å². The number of carbonyl (C=O) groups is 3. The summed E-state index contributed by atoms with van der Waals surface area (Å²) in [7, 11) is 1.16. The number of benzene rings is 1. The molecule has 1 aliphatic heterocycles. The quantitative estimate of drug-likeness (QED) is 0.297. The molecule has 29 heavy (non-hydrogen) atoms. The van der Waals surface area contributed by atoms with Gasteiger partial charge in [0.1, 0.15) is 17.6 Å². The second kappa shape index (κ2) is 8.10. The molecule has 9 nitrogen and oxygen atoms in total. The lowest BCUT2D eigenvalue weighted by Gasteiger charge is -2.18. The normalized spacial score (nSPS) is 16.4. The van der Waals surface area contributed by atoms with E-state index in [0.29, 0.717) is 11.8 Å². The third kappa shape index (κ3) is 4.03. The monoisotopic (exact) mass is 436 g/mol. The molecule has 2 amide bonds. The van der Waals surface area contributed by atoms with Crippen LogP contribution in [0.4, 0.5) is 10.5 Å². The van der Waals surface area contributed by atoms with Gasteiger partial charge in [0, 0.05) is 17.2 Å². The number of esters is 1. The van der Waals surface area contributed by atoms with Crippen LogP contribution in [0.15, 0.2) is 39.7 Å². The molecule has 0 saturated carbocycles. The fourth-order valence-electron chi connectivity index (χ4n) is 2.66. The molecule has 0 bridgehead atoms. The zero-order valence-electron chi connectivity index (χ0n) is 15.1. The van der Waals surface area contributed by atoms with E-state index >= 15 is 0 Å². The molecule has 1 aliphatic rings. The van der Waals surface area contributed by atoms with Crippen molar-refractivity contribution in [2.24, 2.45) is 0 Å². The highest BCUT2D eigenvalue weighted by atomic mass is 35.5. The summed E-state index contributed by atoms with van der Waals surface area (Å²) in [5.74, 6) is -0.973. The number of amides is 2. The average molecular weight is 437 g/mol. The van der Waals surface area contributed by atoms with Crippen LogP contribution < -0.4 is 0 Å². The van der Waals surface area contributed by atoms with Gasteiger partial charge in [0.2, 0.25) is 0 Å². The Bertz CT molecular complexity index is 1060. The smallest absolute Gasteiger partial charge is 0.328 e. The number of hydrogen-bond donors (Lipinski definition) is 0. The third-order valence-corrected chi connectivity index (χ3v) is 5.19. The van der Waals surface area contributed by atoms with Crippen LogP contribution in [0.2, 0.25) is 5.02 Å². The minimum Gasteiger partial charge on any atom is -0.467 e. The van der Waals surface area contributed by atoms with E-state index in [1.807, 2.05) is 0 Å². The molecule has 1 fully saturated rings. The summed E-state index contributed by atoms with van der Waals surface area (Å²) in [5, 5.41) is 10.9. The number of imide groups is 1. The number of rotatable bonds is 5. The maximum absolute atomic E-state index is 12.5. The molecule has 2 heterocycles. The average Bonchev–Trinajstić information content (AvgIpc) is 3.25. The van der Waals surface area contributed by atoms with Gasteiger partial charge in [-0.1, -0.05) is 11.6 Å². The molecule has 0 aliphatic carbocycles. The molecule has 1 saturated heterocycles. The van der Waals surface area contributed by atoms with E-state index in [-0.39, 0.29) is 32.7 Å². The molecule has 1 atom stereocenters. The van der Waals surface area contributed by atoms with Crippen molar-refractivity contribution < 1.29 is 28.5 Å². The van der Waals surface area contributed by atoms with Gasteiger partial charge < -0.3 is 9.15 Å². The molecular formula is C18H13ClN2O7S. The number of methoxy groups -OCH3 is 1. The molecule has 0 N–H and O–H groups in total. The number of ether oxygens (including phenoxy) is 1. The number of hydrogen-bond acceptors (Lipinski definition) is 8. The Morgan fingerprint density at radius 2 is 2.07 bits per heavy atom. The van der Waals surface area contributed by atoms with Crippen LogP contribution >= 0.6 is 23.4 Å². The number of thioether (sulfide) groups is 1. The van der Waals surface area contributed by atoms with Gasteiger partial charge >= 0.3 is 5.97 Å². The number of nitrogens with zero attached hydrogens (tertiary/aromatic N) is 2. The van der Waals surface area contributed by atoms with Crippen LogP contribution in [-0.2, 0) is 14.3 Å². The molecule has 3 rings (SSSR count). The summed E-state index contributed by atoms with van der Waals surface area (Å²) < 4.78 is 10.2. The van der Waals surface area contributed by atoms with E-state index in [2.05, 4.69) is 4.74 Å². The predicted molar refractivity (Wildman–Crippen MR) is 105 cm³/mol. The van der Waals surface area contributed by atoms with Crippen molar-refractivity contribution in [3.8, 4) is 11.3 Å². The molecule has 0 spiro atoms. The first-order chi connectivity index (χ1) is 13.7. The molecule has 150 valence electrons. The lowest BCUT2D eigenvalue weighted by molar-refractivity contribution is -0.384. The predicted octanol–water partition coefficient (Wildman–Crippen LogP) is 4.11. The first-order valence-corrected chi connectivity index (χ1v) is 9.31. The summed E-state index contributed by atoms with van der Waals surface area (Å²) in [6.45, 7) is 1.38. The summed E-state index contributed by atoms with van der Waals surface area (Å²) in [6.07, 6.45) is 1.33.